The molecule has 2 aromatic carbocycles. The standard InChI is InChI=1S/C17H20BrNO/c1-11-7-12(2)9-15(8-11)20-17-10-14(18)5-6-16(17)13(3)19-4/h5-10,13,19H,1-4H3. The summed E-state index contributed by atoms with van der Waals surface area (Å²) in [5.41, 5.74) is 3.56. The molecule has 0 heterocycles. The van der Waals surface area contributed by atoms with E-state index in [0.717, 1.165) is 21.5 Å². The Labute approximate surface area is 129 Å². The van der Waals surface area contributed by atoms with Crippen LogP contribution < -0.4 is 10.1 Å². The highest BCUT2D eigenvalue weighted by Gasteiger charge is 2.11. The summed E-state index contributed by atoms with van der Waals surface area (Å²) in [5, 5.41) is 3.25. The smallest absolute Gasteiger partial charge is 0.133 e. The van der Waals surface area contributed by atoms with E-state index in [1.165, 1.54) is 11.1 Å². The lowest BCUT2D eigenvalue weighted by molar-refractivity contribution is 0.465. The number of nitrogens with one attached hydrogen (secondary N) is 1. The molecule has 0 aliphatic heterocycles. The lowest BCUT2D eigenvalue weighted by Gasteiger charge is -2.17. The summed E-state index contributed by atoms with van der Waals surface area (Å²) in [6.45, 7) is 6.29. The molecule has 0 fully saturated rings. The van der Waals surface area contributed by atoms with Gasteiger partial charge in [-0.1, -0.05) is 28.1 Å². The Morgan fingerprint density at radius 2 is 1.70 bits per heavy atom. The summed E-state index contributed by atoms with van der Waals surface area (Å²) >= 11 is 3.51. The van der Waals surface area contributed by atoms with Gasteiger partial charge >= 0.3 is 0 Å². The lowest BCUT2D eigenvalue weighted by atomic mass is 10.1. The molecule has 0 radical (unpaired) electrons. The van der Waals surface area contributed by atoms with Crippen molar-refractivity contribution in [2.75, 3.05) is 7.05 Å². The molecule has 0 aromatic heterocycles. The van der Waals surface area contributed by atoms with E-state index in [-0.39, 0.29) is 6.04 Å². The average molecular weight is 334 g/mol. The van der Waals surface area contributed by atoms with Crippen LogP contribution in [-0.2, 0) is 0 Å². The van der Waals surface area contributed by atoms with E-state index in [0.29, 0.717) is 0 Å². The zero-order chi connectivity index (χ0) is 14.7. The number of ether oxygens (including phenoxy) is 1. The van der Waals surface area contributed by atoms with Crippen molar-refractivity contribution in [2.45, 2.75) is 26.8 Å². The van der Waals surface area contributed by atoms with Crippen LogP contribution in [0.15, 0.2) is 40.9 Å². The van der Waals surface area contributed by atoms with E-state index in [1.807, 2.05) is 19.2 Å². The molecule has 1 unspecified atom stereocenters. The minimum Gasteiger partial charge on any atom is -0.457 e. The molecule has 0 saturated heterocycles. The predicted molar refractivity (Wildman–Crippen MR) is 87.6 cm³/mol. The van der Waals surface area contributed by atoms with Crippen LogP contribution in [0.25, 0.3) is 0 Å². The highest BCUT2D eigenvalue weighted by molar-refractivity contribution is 9.10. The summed E-state index contributed by atoms with van der Waals surface area (Å²) < 4.78 is 7.12. The molecule has 0 amide bonds. The van der Waals surface area contributed by atoms with Gasteiger partial charge in [0.1, 0.15) is 11.5 Å². The molecule has 3 heteroatoms. The van der Waals surface area contributed by atoms with E-state index in [2.05, 4.69) is 66.3 Å². The van der Waals surface area contributed by atoms with Crippen LogP contribution in [0.2, 0.25) is 0 Å². The zero-order valence-electron chi connectivity index (χ0n) is 12.3. The van der Waals surface area contributed by atoms with E-state index in [4.69, 9.17) is 4.74 Å². The van der Waals surface area contributed by atoms with Crippen LogP contribution in [0.1, 0.15) is 29.7 Å². The number of aryl methyl sites for hydroxylation is 2. The number of hydrogen-bond acceptors (Lipinski definition) is 2. The molecule has 2 nitrogen and oxygen atoms in total. The number of benzene rings is 2. The molecule has 0 aliphatic rings. The van der Waals surface area contributed by atoms with Gasteiger partial charge in [-0.3, -0.25) is 0 Å². The molecule has 0 saturated carbocycles. The minimum atomic E-state index is 0.240. The Morgan fingerprint density at radius 1 is 1.05 bits per heavy atom. The number of rotatable bonds is 4. The van der Waals surface area contributed by atoms with Gasteiger partial charge in [-0.15, -0.1) is 0 Å². The molecule has 1 atom stereocenters. The maximum absolute atomic E-state index is 6.10. The van der Waals surface area contributed by atoms with Crippen LogP contribution in [0.3, 0.4) is 0 Å². The fourth-order valence-electron chi connectivity index (χ4n) is 2.23. The van der Waals surface area contributed by atoms with Crippen molar-refractivity contribution >= 4 is 15.9 Å². The van der Waals surface area contributed by atoms with Crippen LogP contribution in [-0.4, -0.2) is 7.05 Å². The Balaban J connectivity index is 2.39. The molecule has 0 aliphatic carbocycles. The Hall–Kier alpha value is -1.32. The zero-order valence-corrected chi connectivity index (χ0v) is 13.9. The molecule has 106 valence electrons. The van der Waals surface area contributed by atoms with Gasteiger partial charge in [0, 0.05) is 16.1 Å². The molecule has 20 heavy (non-hydrogen) atoms. The van der Waals surface area contributed by atoms with Crippen molar-refractivity contribution in [3.63, 3.8) is 0 Å². The largest absolute Gasteiger partial charge is 0.457 e. The van der Waals surface area contributed by atoms with Gasteiger partial charge in [0.05, 0.1) is 0 Å². The third-order valence-corrected chi connectivity index (χ3v) is 3.79. The molecule has 0 spiro atoms. The van der Waals surface area contributed by atoms with E-state index in [1.54, 1.807) is 0 Å². The second-order valence-corrected chi connectivity index (χ2v) is 6.03. The topological polar surface area (TPSA) is 21.3 Å². The Morgan fingerprint density at radius 3 is 2.30 bits per heavy atom. The normalized spacial score (nSPS) is 12.2. The first-order valence-corrected chi connectivity index (χ1v) is 7.52. The fourth-order valence-corrected chi connectivity index (χ4v) is 2.57. The molecule has 0 bridgehead atoms. The highest BCUT2D eigenvalue weighted by atomic mass is 79.9. The summed E-state index contributed by atoms with van der Waals surface area (Å²) in [4.78, 5) is 0. The first kappa shape index (κ1) is 15.1. The molecule has 1 N–H and O–H groups in total. The van der Waals surface area contributed by atoms with Gasteiger partial charge < -0.3 is 10.1 Å². The summed E-state index contributed by atoms with van der Waals surface area (Å²) in [6.07, 6.45) is 0. The van der Waals surface area contributed by atoms with Crippen molar-refractivity contribution in [3.8, 4) is 11.5 Å². The molecule has 2 rings (SSSR count). The quantitative estimate of drug-likeness (QED) is 0.836. The summed E-state index contributed by atoms with van der Waals surface area (Å²) in [5.74, 6) is 1.76. The van der Waals surface area contributed by atoms with Gasteiger partial charge in [-0.2, -0.15) is 0 Å². The maximum atomic E-state index is 6.10. The fraction of sp³-hybridized carbons (Fsp3) is 0.294. The molecular weight excluding hydrogens is 314 g/mol. The van der Waals surface area contributed by atoms with Crippen molar-refractivity contribution in [1.29, 1.82) is 0 Å². The van der Waals surface area contributed by atoms with Gasteiger partial charge in [0.15, 0.2) is 0 Å². The van der Waals surface area contributed by atoms with Crippen molar-refractivity contribution < 1.29 is 4.74 Å². The Bertz CT molecular complexity index is 590. The van der Waals surface area contributed by atoms with Gasteiger partial charge in [-0.05, 0) is 63.2 Å². The van der Waals surface area contributed by atoms with E-state index in [9.17, 15) is 0 Å². The maximum Gasteiger partial charge on any atom is 0.133 e. The summed E-state index contributed by atoms with van der Waals surface area (Å²) in [6, 6.07) is 12.6. The minimum absolute atomic E-state index is 0.240. The van der Waals surface area contributed by atoms with Crippen molar-refractivity contribution in [1.82, 2.24) is 5.32 Å². The lowest BCUT2D eigenvalue weighted by Crippen LogP contribution is -2.13. The van der Waals surface area contributed by atoms with Gasteiger partial charge in [0.25, 0.3) is 0 Å². The van der Waals surface area contributed by atoms with Gasteiger partial charge in [-0.25, -0.2) is 0 Å². The second-order valence-electron chi connectivity index (χ2n) is 5.12. The van der Waals surface area contributed by atoms with Crippen molar-refractivity contribution in [2.24, 2.45) is 0 Å². The third-order valence-electron chi connectivity index (χ3n) is 3.30. The monoisotopic (exact) mass is 333 g/mol. The van der Waals surface area contributed by atoms with Crippen LogP contribution >= 0.6 is 15.9 Å². The number of halogens is 1. The number of hydrogen-bond donors (Lipinski definition) is 1. The average Bonchev–Trinajstić information content (AvgIpc) is 2.37. The van der Waals surface area contributed by atoms with Crippen LogP contribution in [0, 0.1) is 13.8 Å². The van der Waals surface area contributed by atoms with Crippen LogP contribution in [0.4, 0.5) is 0 Å². The third kappa shape index (κ3) is 3.62. The molecular formula is C17H20BrNO. The Kier molecular flexibility index (Phi) is 4.84. The second kappa shape index (κ2) is 6.42. The van der Waals surface area contributed by atoms with E-state index < -0.39 is 0 Å². The first-order chi connectivity index (χ1) is 9.49. The van der Waals surface area contributed by atoms with Crippen LogP contribution in [0.5, 0.6) is 11.5 Å². The first-order valence-electron chi connectivity index (χ1n) is 6.72. The molecule has 2 aromatic rings. The van der Waals surface area contributed by atoms with E-state index >= 15 is 0 Å². The SMILES string of the molecule is CNC(C)c1ccc(Br)cc1Oc1cc(C)cc(C)c1. The highest BCUT2D eigenvalue weighted by Crippen LogP contribution is 2.32. The summed E-state index contributed by atoms with van der Waals surface area (Å²) in [7, 11) is 1.95. The van der Waals surface area contributed by atoms with Gasteiger partial charge in [0.2, 0.25) is 0 Å². The predicted octanol–water partition coefficient (Wildman–Crippen LogP) is 5.14. The van der Waals surface area contributed by atoms with Crippen molar-refractivity contribution in [3.05, 3.63) is 57.6 Å².